The lowest BCUT2D eigenvalue weighted by Gasteiger charge is -2.16. The quantitative estimate of drug-likeness (QED) is 0.733. The van der Waals surface area contributed by atoms with Gasteiger partial charge in [-0.1, -0.05) is 71.9 Å². The van der Waals surface area contributed by atoms with Gasteiger partial charge in [0.2, 0.25) is 0 Å². The van der Waals surface area contributed by atoms with Crippen molar-refractivity contribution in [2.45, 2.75) is 18.6 Å². The highest BCUT2D eigenvalue weighted by Gasteiger charge is 2.21. The lowest BCUT2D eigenvalue weighted by molar-refractivity contribution is -0.109. The van der Waals surface area contributed by atoms with Gasteiger partial charge in [0.1, 0.15) is 0 Å². The van der Waals surface area contributed by atoms with Gasteiger partial charge in [-0.3, -0.25) is 9.59 Å². The second kappa shape index (κ2) is 7.43. The first-order valence-corrected chi connectivity index (χ1v) is 7.83. The highest BCUT2D eigenvalue weighted by atomic mass is 35.5. The van der Waals surface area contributed by atoms with Crippen LogP contribution in [0.25, 0.3) is 0 Å². The highest BCUT2D eigenvalue weighted by Crippen LogP contribution is 2.37. The SMILES string of the molecule is CC(=O)S[C@H](CC(=O)c1ccccc1)c1ccccc1Cl. The van der Waals surface area contributed by atoms with Crippen LogP contribution < -0.4 is 0 Å². The molecule has 0 N–H and O–H groups in total. The molecule has 0 bridgehead atoms. The molecule has 108 valence electrons. The summed E-state index contributed by atoms with van der Waals surface area (Å²) in [6.07, 6.45) is 0.248. The van der Waals surface area contributed by atoms with Gasteiger partial charge < -0.3 is 0 Å². The van der Waals surface area contributed by atoms with Gasteiger partial charge in [0, 0.05) is 29.2 Å². The number of Topliss-reactive ketones (excluding diaryl/α,β-unsaturated/α-hetero) is 1. The zero-order valence-electron chi connectivity index (χ0n) is 11.6. The monoisotopic (exact) mass is 318 g/mol. The molecule has 0 fully saturated rings. The summed E-state index contributed by atoms with van der Waals surface area (Å²) in [5, 5.41) is 0.293. The van der Waals surface area contributed by atoms with Crippen molar-refractivity contribution in [2.75, 3.05) is 0 Å². The van der Waals surface area contributed by atoms with E-state index in [9.17, 15) is 9.59 Å². The fraction of sp³-hybridized carbons (Fsp3) is 0.176. The smallest absolute Gasteiger partial charge is 0.186 e. The Bertz CT molecular complexity index is 640. The largest absolute Gasteiger partial charge is 0.294 e. The third-order valence-electron chi connectivity index (χ3n) is 3.03. The molecule has 0 aliphatic carbocycles. The van der Waals surface area contributed by atoms with Gasteiger partial charge in [0.05, 0.1) is 0 Å². The molecular weight excluding hydrogens is 304 g/mol. The van der Waals surface area contributed by atoms with E-state index in [2.05, 4.69) is 0 Å². The summed E-state index contributed by atoms with van der Waals surface area (Å²) in [7, 11) is 0. The van der Waals surface area contributed by atoms with E-state index in [1.165, 1.54) is 6.92 Å². The predicted molar refractivity (Wildman–Crippen MR) is 87.9 cm³/mol. The maximum Gasteiger partial charge on any atom is 0.186 e. The summed E-state index contributed by atoms with van der Waals surface area (Å²) in [4.78, 5) is 23.8. The molecule has 2 aromatic carbocycles. The van der Waals surface area contributed by atoms with Gasteiger partial charge in [0.25, 0.3) is 0 Å². The van der Waals surface area contributed by atoms with E-state index in [1.54, 1.807) is 18.2 Å². The van der Waals surface area contributed by atoms with Crippen LogP contribution in [0.3, 0.4) is 0 Å². The summed E-state index contributed by atoms with van der Waals surface area (Å²) >= 11 is 7.34. The summed E-state index contributed by atoms with van der Waals surface area (Å²) < 4.78 is 0. The molecular formula is C17H15ClO2S. The van der Waals surface area contributed by atoms with Crippen molar-refractivity contribution in [1.29, 1.82) is 0 Å². The van der Waals surface area contributed by atoms with Crippen molar-refractivity contribution < 1.29 is 9.59 Å². The fourth-order valence-corrected chi connectivity index (χ4v) is 3.36. The Balaban J connectivity index is 2.23. The van der Waals surface area contributed by atoms with E-state index in [0.717, 1.165) is 17.3 Å². The van der Waals surface area contributed by atoms with Crippen molar-refractivity contribution in [2.24, 2.45) is 0 Å². The predicted octanol–water partition coefficient (Wildman–Crippen LogP) is 4.93. The first-order chi connectivity index (χ1) is 10.1. The number of thioether (sulfide) groups is 1. The van der Waals surface area contributed by atoms with Crippen molar-refractivity contribution in [1.82, 2.24) is 0 Å². The zero-order valence-corrected chi connectivity index (χ0v) is 13.2. The van der Waals surface area contributed by atoms with Crippen molar-refractivity contribution >= 4 is 34.3 Å². The molecule has 4 heteroatoms. The molecule has 0 aromatic heterocycles. The Morgan fingerprint density at radius 2 is 1.67 bits per heavy atom. The Morgan fingerprint density at radius 3 is 2.29 bits per heavy atom. The number of benzene rings is 2. The lowest BCUT2D eigenvalue weighted by atomic mass is 10.0. The maximum atomic E-state index is 12.4. The van der Waals surface area contributed by atoms with Gasteiger partial charge in [-0.05, 0) is 11.6 Å². The molecule has 21 heavy (non-hydrogen) atoms. The topological polar surface area (TPSA) is 34.1 Å². The Kier molecular flexibility index (Phi) is 5.59. The number of carbonyl (C=O) groups excluding carboxylic acids is 2. The van der Waals surface area contributed by atoms with E-state index in [0.29, 0.717) is 10.6 Å². The molecule has 0 radical (unpaired) electrons. The first kappa shape index (κ1) is 15.8. The van der Waals surface area contributed by atoms with Gasteiger partial charge in [0.15, 0.2) is 10.9 Å². The van der Waals surface area contributed by atoms with Gasteiger partial charge in [-0.2, -0.15) is 0 Å². The molecule has 2 aromatic rings. The van der Waals surface area contributed by atoms with E-state index >= 15 is 0 Å². The van der Waals surface area contributed by atoms with Crippen LogP contribution >= 0.6 is 23.4 Å². The Hall–Kier alpha value is -1.58. The van der Waals surface area contributed by atoms with Crippen LogP contribution in [0.4, 0.5) is 0 Å². The van der Waals surface area contributed by atoms with Crippen LogP contribution in [-0.4, -0.2) is 10.9 Å². The highest BCUT2D eigenvalue weighted by molar-refractivity contribution is 8.13. The number of halogens is 1. The van der Waals surface area contributed by atoms with Crippen molar-refractivity contribution in [3.63, 3.8) is 0 Å². The molecule has 0 amide bonds. The summed E-state index contributed by atoms with van der Waals surface area (Å²) in [5.41, 5.74) is 1.47. The summed E-state index contributed by atoms with van der Waals surface area (Å²) in [5.74, 6) is 0.00858. The van der Waals surface area contributed by atoms with Gasteiger partial charge in [-0.25, -0.2) is 0 Å². The fourth-order valence-electron chi connectivity index (χ4n) is 2.06. The number of ketones is 1. The van der Waals surface area contributed by atoms with E-state index < -0.39 is 0 Å². The van der Waals surface area contributed by atoms with Crippen LogP contribution in [0.5, 0.6) is 0 Å². The second-order valence-corrected chi connectivity index (χ2v) is 6.40. The average molecular weight is 319 g/mol. The van der Waals surface area contributed by atoms with Crippen LogP contribution in [0, 0.1) is 0 Å². The molecule has 0 spiro atoms. The Labute approximate surface area is 133 Å². The molecule has 0 saturated heterocycles. The van der Waals surface area contributed by atoms with Crippen molar-refractivity contribution in [3.8, 4) is 0 Å². The molecule has 1 atom stereocenters. The second-order valence-electron chi connectivity index (χ2n) is 4.61. The first-order valence-electron chi connectivity index (χ1n) is 6.58. The lowest BCUT2D eigenvalue weighted by Crippen LogP contribution is -2.07. The minimum Gasteiger partial charge on any atom is -0.294 e. The molecule has 2 rings (SSSR count). The number of hydrogen-bond acceptors (Lipinski definition) is 3. The van der Waals surface area contributed by atoms with Gasteiger partial charge in [-0.15, -0.1) is 0 Å². The summed E-state index contributed by atoms with van der Waals surface area (Å²) in [6, 6.07) is 16.4. The van der Waals surface area contributed by atoms with Crippen molar-refractivity contribution in [3.05, 3.63) is 70.7 Å². The van der Waals surface area contributed by atoms with E-state index in [4.69, 9.17) is 11.6 Å². The Morgan fingerprint density at radius 1 is 1.05 bits per heavy atom. The van der Waals surface area contributed by atoms with Gasteiger partial charge >= 0.3 is 0 Å². The molecule has 0 heterocycles. The normalized spacial score (nSPS) is 11.9. The summed E-state index contributed by atoms with van der Waals surface area (Å²) in [6.45, 7) is 1.50. The van der Waals surface area contributed by atoms with Crippen LogP contribution in [0.2, 0.25) is 5.02 Å². The van der Waals surface area contributed by atoms with Crippen LogP contribution in [0.1, 0.15) is 34.5 Å². The molecule has 0 saturated carbocycles. The number of rotatable bonds is 5. The van der Waals surface area contributed by atoms with Crippen LogP contribution in [-0.2, 0) is 4.79 Å². The standard InChI is InChI=1S/C17H15ClO2S/c1-12(19)21-17(14-9-5-6-10-15(14)18)11-16(20)13-7-3-2-4-8-13/h2-10,17H,11H2,1H3/t17-/m1/s1. The minimum atomic E-state index is -0.260. The third kappa shape index (κ3) is 4.45. The molecule has 2 nitrogen and oxygen atoms in total. The average Bonchev–Trinajstić information content (AvgIpc) is 2.47. The molecule has 0 unspecified atom stereocenters. The third-order valence-corrected chi connectivity index (χ3v) is 4.41. The van der Waals surface area contributed by atoms with Crippen LogP contribution in [0.15, 0.2) is 54.6 Å². The molecule has 0 aliphatic heterocycles. The zero-order chi connectivity index (χ0) is 15.2. The number of carbonyl (C=O) groups is 2. The van der Waals surface area contributed by atoms with E-state index in [-0.39, 0.29) is 22.6 Å². The van der Waals surface area contributed by atoms with E-state index in [1.807, 2.05) is 36.4 Å². The number of hydrogen-bond donors (Lipinski definition) is 0. The minimum absolute atomic E-state index is 0.00858. The maximum absolute atomic E-state index is 12.4. The molecule has 0 aliphatic rings.